The lowest BCUT2D eigenvalue weighted by Gasteiger charge is -2.23. The average molecular weight is 200 g/mol. The SMILES string of the molecule is C=C1CCc2cc(C)cc(C(C)C)c2C1. The summed E-state index contributed by atoms with van der Waals surface area (Å²) in [6.45, 7) is 10.9. The normalized spacial score (nSPS) is 15.6. The Kier molecular flexibility index (Phi) is 2.68. The van der Waals surface area contributed by atoms with Gasteiger partial charge in [-0.25, -0.2) is 0 Å². The van der Waals surface area contributed by atoms with Crippen molar-refractivity contribution < 1.29 is 0 Å². The van der Waals surface area contributed by atoms with E-state index in [2.05, 4.69) is 39.5 Å². The minimum absolute atomic E-state index is 0.629. The van der Waals surface area contributed by atoms with Crippen molar-refractivity contribution in [3.05, 3.63) is 46.5 Å². The molecule has 0 saturated carbocycles. The Morgan fingerprint density at radius 3 is 2.60 bits per heavy atom. The van der Waals surface area contributed by atoms with Crippen LogP contribution in [-0.4, -0.2) is 0 Å². The molecule has 1 aromatic rings. The Labute approximate surface area is 93.0 Å². The third-order valence-electron chi connectivity index (χ3n) is 3.32. The Morgan fingerprint density at radius 2 is 1.93 bits per heavy atom. The highest BCUT2D eigenvalue weighted by molar-refractivity contribution is 5.44. The van der Waals surface area contributed by atoms with E-state index >= 15 is 0 Å². The zero-order valence-corrected chi connectivity index (χ0v) is 10.1. The highest BCUT2D eigenvalue weighted by atomic mass is 14.2. The van der Waals surface area contributed by atoms with Gasteiger partial charge >= 0.3 is 0 Å². The van der Waals surface area contributed by atoms with Crippen molar-refractivity contribution in [2.24, 2.45) is 0 Å². The maximum atomic E-state index is 4.14. The highest BCUT2D eigenvalue weighted by Crippen LogP contribution is 2.31. The van der Waals surface area contributed by atoms with E-state index in [1.165, 1.54) is 29.5 Å². The van der Waals surface area contributed by atoms with E-state index in [0.29, 0.717) is 5.92 Å². The van der Waals surface area contributed by atoms with E-state index in [4.69, 9.17) is 0 Å². The highest BCUT2D eigenvalue weighted by Gasteiger charge is 2.17. The maximum absolute atomic E-state index is 4.14. The summed E-state index contributed by atoms with van der Waals surface area (Å²) >= 11 is 0. The molecule has 2 rings (SSSR count). The molecule has 0 amide bonds. The molecule has 0 aromatic heterocycles. The van der Waals surface area contributed by atoms with Crippen LogP contribution in [0, 0.1) is 6.92 Å². The second-order valence-electron chi connectivity index (χ2n) is 5.07. The van der Waals surface area contributed by atoms with Gasteiger partial charge < -0.3 is 0 Å². The van der Waals surface area contributed by atoms with Gasteiger partial charge in [-0.15, -0.1) is 0 Å². The van der Waals surface area contributed by atoms with E-state index < -0.39 is 0 Å². The number of aryl methyl sites for hydroxylation is 2. The van der Waals surface area contributed by atoms with Crippen molar-refractivity contribution >= 4 is 0 Å². The number of hydrogen-bond acceptors (Lipinski definition) is 0. The zero-order chi connectivity index (χ0) is 11.0. The smallest absolute Gasteiger partial charge is 0.00641 e. The standard InChI is InChI=1S/C15H20/c1-10(2)14-9-12(4)7-13-6-5-11(3)8-15(13)14/h7,9-10H,3,5-6,8H2,1-2,4H3. The summed E-state index contributed by atoms with van der Waals surface area (Å²) in [4.78, 5) is 0. The molecule has 0 heterocycles. The molecule has 0 N–H and O–H groups in total. The van der Waals surface area contributed by atoms with Crippen LogP contribution in [0.25, 0.3) is 0 Å². The van der Waals surface area contributed by atoms with Crippen molar-refractivity contribution in [2.45, 2.75) is 46.0 Å². The van der Waals surface area contributed by atoms with Crippen LogP contribution in [0.15, 0.2) is 24.3 Å². The second kappa shape index (κ2) is 3.84. The molecular formula is C15H20. The summed E-state index contributed by atoms with van der Waals surface area (Å²) in [7, 11) is 0. The van der Waals surface area contributed by atoms with Crippen LogP contribution >= 0.6 is 0 Å². The zero-order valence-electron chi connectivity index (χ0n) is 10.1. The van der Waals surface area contributed by atoms with Crippen molar-refractivity contribution in [1.29, 1.82) is 0 Å². The van der Waals surface area contributed by atoms with E-state index in [1.807, 2.05) is 0 Å². The molecule has 15 heavy (non-hydrogen) atoms. The fourth-order valence-corrected chi connectivity index (χ4v) is 2.53. The summed E-state index contributed by atoms with van der Waals surface area (Å²) in [5, 5.41) is 0. The van der Waals surface area contributed by atoms with E-state index in [0.717, 1.165) is 6.42 Å². The van der Waals surface area contributed by atoms with Crippen LogP contribution in [0.5, 0.6) is 0 Å². The maximum Gasteiger partial charge on any atom is -0.00641 e. The summed E-state index contributed by atoms with van der Waals surface area (Å²) in [6, 6.07) is 4.70. The molecule has 80 valence electrons. The molecule has 0 spiro atoms. The molecule has 0 saturated heterocycles. The first kappa shape index (κ1) is 10.5. The second-order valence-corrected chi connectivity index (χ2v) is 5.07. The number of benzene rings is 1. The van der Waals surface area contributed by atoms with Crippen molar-refractivity contribution in [3.8, 4) is 0 Å². The monoisotopic (exact) mass is 200 g/mol. The Hall–Kier alpha value is -1.04. The molecule has 0 nitrogen and oxygen atoms in total. The molecule has 1 aromatic carbocycles. The van der Waals surface area contributed by atoms with Gasteiger partial charge in [-0.3, -0.25) is 0 Å². The van der Waals surface area contributed by atoms with Crippen LogP contribution in [0.3, 0.4) is 0 Å². The summed E-state index contributed by atoms with van der Waals surface area (Å²) < 4.78 is 0. The molecule has 1 aliphatic rings. The van der Waals surface area contributed by atoms with Crippen LogP contribution in [0.2, 0.25) is 0 Å². The molecule has 0 fully saturated rings. The minimum Gasteiger partial charge on any atom is -0.0995 e. The molecule has 1 aliphatic carbocycles. The first-order chi connectivity index (χ1) is 7.08. The largest absolute Gasteiger partial charge is 0.0995 e. The van der Waals surface area contributed by atoms with Gasteiger partial charge in [-0.05, 0) is 48.8 Å². The first-order valence-electron chi connectivity index (χ1n) is 5.87. The first-order valence-corrected chi connectivity index (χ1v) is 5.87. The predicted octanol–water partition coefficient (Wildman–Crippen LogP) is 4.16. The van der Waals surface area contributed by atoms with Gasteiger partial charge in [0.25, 0.3) is 0 Å². The molecule has 0 atom stereocenters. The van der Waals surface area contributed by atoms with Gasteiger partial charge in [-0.2, -0.15) is 0 Å². The topological polar surface area (TPSA) is 0 Å². The molecular weight excluding hydrogens is 180 g/mol. The lowest BCUT2D eigenvalue weighted by molar-refractivity contribution is 0.786. The van der Waals surface area contributed by atoms with Gasteiger partial charge in [0.05, 0.1) is 0 Å². The van der Waals surface area contributed by atoms with Crippen LogP contribution in [0.4, 0.5) is 0 Å². The Bertz CT molecular complexity index is 397. The fourth-order valence-electron chi connectivity index (χ4n) is 2.53. The van der Waals surface area contributed by atoms with Gasteiger partial charge in [-0.1, -0.05) is 43.7 Å². The van der Waals surface area contributed by atoms with Gasteiger partial charge in [0.15, 0.2) is 0 Å². The lowest BCUT2D eigenvalue weighted by atomic mass is 9.82. The number of allylic oxidation sites excluding steroid dienone is 1. The summed E-state index contributed by atoms with van der Waals surface area (Å²) in [5.41, 5.74) is 7.46. The van der Waals surface area contributed by atoms with Crippen LogP contribution < -0.4 is 0 Å². The third-order valence-corrected chi connectivity index (χ3v) is 3.32. The van der Waals surface area contributed by atoms with Gasteiger partial charge in [0, 0.05) is 0 Å². The van der Waals surface area contributed by atoms with E-state index in [1.54, 1.807) is 11.1 Å². The van der Waals surface area contributed by atoms with Gasteiger partial charge in [0.1, 0.15) is 0 Å². The Balaban J connectivity index is 2.55. The predicted molar refractivity (Wildman–Crippen MR) is 66.4 cm³/mol. The van der Waals surface area contributed by atoms with Crippen LogP contribution in [0.1, 0.15) is 48.4 Å². The minimum atomic E-state index is 0.629. The van der Waals surface area contributed by atoms with Crippen LogP contribution in [-0.2, 0) is 12.8 Å². The number of hydrogen-bond donors (Lipinski definition) is 0. The fraction of sp³-hybridized carbons (Fsp3) is 0.467. The third kappa shape index (κ3) is 1.99. The number of fused-ring (bicyclic) bond motifs is 1. The van der Waals surface area contributed by atoms with Crippen molar-refractivity contribution in [3.63, 3.8) is 0 Å². The lowest BCUT2D eigenvalue weighted by Crippen LogP contribution is -2.09. The van der Waals surface area contributed by atoms with E-state index in [9.17, 15) is 0 Å². The quantitative estimate of drug-likeness (QED) is 0.597. The summed E-state index contributed by atoms with van der Waals surface area (Å²) in [5.74, 6) is 0.629. The Morgan fingerprint density at radius 1 is 1.20 bits per heavy atom. The number of rotatable bonds is 1. The van der Waals surface area contributed by atoms with Crippen molar-refractivity contribution in [2.75, 3.05) is 0 Å². The van der Waals surface area contributed by atoms with Crippen molar-refractivity contribution in [1.82, 2.24) is 0 Å². The molecule has 0 bridgehead atoms. The molecule has 0 unspecified atom stereocenters. The van der Waals surface area contributed by atoms with Gasteiger partial charge in [0.2, 0.25) is 0 Å². The van der Waals surface area contributed by atoms with E-state index in [-0.39, 0.29) is 0 Å². The average Bonchev–Trinajstić information content (AvgIpc) is 2.17. The molecule has 0 aliphatic heterocycles. The summed E-state index contributed by atoms with van der Waals surface area (Å²) in [6.07, 6.45) is 3.46. The molecule has 0 heteroatoms. The molecule has 0 radical (unpaired) electrons.